The maximum absolute atomic E-state index is 6.83. The summed E-state index contributed by atoms with van der Waals surface area (Å²) >= 11 is 0. The van der Waals surface area contributed by atoms with Crippen LogP contribution in [0.4, 0.5) is 0 Å². The number of rotatable bonds is 4. The van der Waals surface area contributed by atoms with Crippen molar-refractivity contribution in [3.05, 3.63) is 59.7 Å². The number of pyridine rings is 1. The van der Waals surface area contributed by atoms with E-state index in [2.05, 4.69) is 52.6 Å². The molecule has 0 aliphatic carbocycles. The highest BCUT2D eigenvalue weighted by Crippen LogP contribution is 2.36. The van der Waals surface area contributed by atoms with Crippen molar-refractivity contribution >= 4 is 32.6 Å². The van der Waals surface area contributed by atoms with E-state index in [-0.39, 0.29) is 0 Å². The second-order valence-electron chi connectivity index (χ2n) is 6.32. The molecule has 2 aromatic heterocycles. The highest BCUT2D eigenvalue weighted by Gasteiger charge is 2.13. The van der Waals surface area contributed by atoms with E-state index in [0.717, 1.165) is 17.6 Å². The first-order valence-corrected chi connectivity index (χ1v) is 8.42. The zero-order valence-electron chi connectivity index (χ0n) is 14.4. The van der Waals surface area contributed by atoms with Gasteiger partial charge in [-0.1, -0.05) is 0 Å². The first-order chi connectivity index (χ1) is 12.2. The van der Waals surface area contributed by atoms with E-state index in [1.54, 1.807) is 0 Å². The summed E-state index contributed by atoms with van der Waals surface area (Å²) in [6, 6.07) is 10.5. The van der Waals surface area contributed by atoms with Gasteiger partial charge < -0.3 is 14.1 Å². The molecule has 0 amide bonds. The van der Waals surface area contributed by atoms with Crippen LogP contribution in [0.1, 0.15) is 12.0 Å². The molecule has 0 spiro atoms. The van der Waals surface area contributed by atoms with Crippen LogP contribution in [0.25, 0.3) is 37.4 Å². The molecule has 0 radical (unpaired) electrons. The van der Waals surface area contributed by atoms with Gasteiger partial charge in [0.1, 0.15) is 5.75 Å². The molecule has 0 aliphatic rings. The lowest BCUT2D eigenvalue weighted by atomic mass is 10.0. The van der Waals surface area contributed by atoms with Crippen LogP contribution in [0.5, 0.6) is 5.75 Å². The summed E-state index contributed by atoms with van der Waals surface area (Å²) in [5, 5.41) is 4.81. The van der Waals surface area contributed by atoms with E-state index in [4.69, 9.17) is 11.3 Å². The van der Waals surface area contributed by atoms with Crippen LogP contribution >= 0.6 is 0 Å². The standard InChI is InChI=1S/C21H19N3O/c1-14-17-7-9-23-13-15(17)11-19-18-12-16(25-10-4-8-22-2)5-6-20(18)24(3)21(14)19/h5-7,9,11-13H,4,8,10H2,1,3H3. The number of hydrogen-bond acceptors (Lipinski definition) is 2. The number of fused-ring (bicyclic) bond motifs is 4. The minimum Gasteiger partial charge on any atom is -0.493 e. The summed E-state index contributed by atoms with van der Waals surface area (Å²) in [5.74, 6) is 0.855. The van der Waals surface area contributed by atoms with Crippen LogP contribution in [0.15, 0.2) is 42.7 Å². The van der Waals surface area contributed by atoms with Crippen LogP contribution in [0.2, 0.25) is 0 Å². The van der Waals surface area contributed by atoms with E-state index >= 15 is 0 Å². The fourth-order valence-corrected chi connectivity index (χ4v) is 3.62. The lowest BCUT2D eigenvalue weighted by Gasteiger charge is -2.06. The minimum absolute atomic E-state index is 0.509. The highest BCUT2D eigenvalue weighted by molar-refractivity contribution is 6.14. The van der Waals surface area contributed by atoms with Crippen molar-refractivity contribution in [2.24, 2.45) is 7.05 Å². The second-order valence-corrected chi connectivity index (χ2v) is 6.32. The molecule has 0 bridgehead atoms. The van der Waals surface area contributed by atoms with Crippen molar-refractivity contribution in [2.75, 3.05) is 13.2 Å². The Labute approximate surface area is 146 Å². The maximum Gasteiger partial charge on any atom is 0.217 e. The van der Waals surface area contributed by atoms with Crippen molar-refractivity contribution < 1.29 is 4.74 Å². The van der Waals surface area contributed by atoms with Crippen molar-refractivity contribution in [1.82, 2.24) is 9.55 Å². The molecule has 2 aromatic carbocycles. The molecule has 0 unspecified atom stereocenters. The second kappa shape index (κ2) is 6.10. The van der Waals surface area contributed by atoms with Gasteiger partial charge in [0.05, 0.1) is 18.5 Å². The summed E-state index contributed by atoms with van der Waals surface area (Å²) in [6.45, 7) is 10.1. The van der Waals surface area contributed by atoms with Crippen molar-refractivity contribution in [2.45, 2.75) is 13.3 Å². The van der Waals surface area contributed by atoms with Crippen LogP contribution in [-0.2, 0) is 7.05 Å². The van der Waals surface area contributed by atoms with Crippen molar-refractivity contribution in [3.63, 3.8) is 0 Å². The molecule has 0 aliphatic heterocycles. The maximum atomic E-state index is 6.83. The van der Waals surface area contributed by atoms with Crippen molar-refractivity contribution in [1.29, 1.82) is 0 Å². The first kappa shape index (κ1) is 15.5. The summed E-state index contributed by atoms with van der Waals surface area (Å²) < 4.78 is 8.08. The molecule has 4 rings (SSSR count). The molecular weight excluding hydrogens is 310 g/mol. The lowest BCUT2D eigenvalue weighted by Crippen LogP contribution is -1.98. The van der Waals surface area contributed by atoms with Gasteiger partial charge in [-0.15, -0.1) is 0 Å². The average molecular weight is 329 g/mol. The largest absolute Gasteiger partial charge is 0.493 e. The predicted octanol–water partition coefficient (Wildman–Crippen LogP) is 4.88. The molecule has 0 saturated carbocycles. The average Bonchev–Trinajstić information content (AvgIpc) is 2.91. The SMILES string of the molecule is [C-]#[N+]CCCOc1ccc2c(c1)c1cc3cnccc3c(C)c1n2C. The van der Waals surface area contributed by atoms with Crippen LogP contribution in [-0.4, -0.2) is 22.7 Å². The third-order valence-electron chi connectivity index (χ3n) is 4.80. The Bertz CT molecular complexity index is 1130. The van der Waals surface area contributed by atoms with Crippen LogP contribution < -0.4 is 4.74 Å². The quantitative estimate of drug-likeness (QED) is 0.395. The van der Waals surface area contributed by atoms with Crippen LogP contribution in [0.3, 0.4) is 0 Å². The Morgan fingerprint density at radius 2 is 2.04 bits per heavy atom. The highest BCUT2D eigenvalue weighted by atomic mass is 16.5. The molecule has 0 saturated heterocycles. The molecule has 0 atom stereocenters. The molecule has 124 valence electrons. The van der Waals surface area contributed by atoms with E-state index < -0.39 is 0 Å². The molecular formula is C21H19N3O. The first-order valence-electron chi connectivity index (χ1n) is 8.42. The van der Waals surface area contributed by atoms with Gasteiger partial charge in [0.25, 0.3) is 0 Å². The van der Waals surface area contributed by atoms with Gasteiger partial charge in [-0.05, 0) is 48.2 Å². The summed E-state index contributed by atoms with van der Waals surface area (Å²) in [5.41, 5.74) is 3.71. The van der Waals surface area contributed by atoms with Gasteiger partial charge in [0.2, 0.25) is 6.54 Å². The minimum atomic E-state index is 0.509. The molecule has 25 heavy (non-hydrogen) atoms. The van der Waals surface area contributed by atoms with Gasteiger partial charge in [-0.25, -0.2) is 6.57 Å². The van der Waals surface area contributed by atoms with Gasteiger partial charge in [0.15, 0.2) is 0 Å². The van der Waals surface area contributed by atoms with Crippen molar-refractivity contribution in [3.8, 4) is 5.75 Å². The normalized spacial score (nSPS) is 11.2. The molecule has 4 heteroatoms. The molecule has 0 N–H and O–H groups in total. The fourth-order valence-electron chi connectivity index (χ4n) is 3.62. The lowest BCUT2D eigenvalue weighted by molar-refractivity contribution is 0.316. The number of aryl methyl sites for hydroxylation is 2. The number of ether oxygens (including phenoxy) is 1. The zero-order chi connectivity index (χ0) is 17.4. The predicted molar refractivity (Wildman–Crippen MR) is 102 cm³/mol. The summed E-state index contributed by atoms with van der Waals surface area (Å²) in [4.78, 5) is 7.63. The molecule has 4 aromatic rings. The van der Waals surface area contributed by atoms with Crippen LogP contribution in [0, 0.1) is 13.5 Å². The Kier molecular flexibility index (Phi) is 3.77. The number of aromatic nitrogens is 2. The Hall–Kier alpha value is -3.06. The monoisotopic (exact) mass is 329 g/mol. The Morgan fingerprint density at radius 3 is 2.88 bits per heavy atom. The third kappa shape index (κ3) is 2.49. The van der Waals surface area contributed by atoms with Gasteiger partial charge >= 0.3 is 0 Å². The molecule has 2 heterocycles. The third-order valence-corrected chi connectivity index (χ3v) is 4.80. The van der Waals surface area contributed by atoms with Gasteiger partial charge in [-0.2, -0.15) is 0 Å². The van der Waals surface area contributed by atoms with E-state index in [1.165, 1.54) is 32.8 Å². The Morgan fingerprint density at radius 1 is 1.16 bits per heavy atom. The van der Waals surface area contributed by atoms with E-state index in [9.17, 15) is 0 Å². The smallest absolute Gasteiger partial charge is 0.217 e. The van der Waals surface area contributed by atoms with Gasteiger partial charge in [0, 0.05) is 41.1 Å². The van der Waals surface area contributed by atoms with E-state index in [1.807, 2.05) is 18.5 Å². The molecule has 0 fully saturated rings. The van der Waals surface area contributed by atoms with Gasteiger partial charge in [-0.3, -0.25) is 4.98 Å². The fraction of sp³-hybridized carbons (Fsp3) is 0.238. The number of nitrogens with zero attached hydrogens (tertiary/aromatic N) is 3. The van der Waals surface area contributed by atoms with E-state index in [0.29, 0.717) is 13.2 Å². The number of benzene rings is 2. The summed E-state index contributed by atoms with van der Waals surface area (Å²) in [6.07, 6.45) is 4.52. The topological polar surface area (TPSA) is 31.4 Å². The molecule has 4 nitrogen and oxygen atoms in total. The Balaban J connectivity index is 1.90. The summed E-state index contributed by atoms with van der Waals surface area (Å²) in [7, 11) is 2.11. The number of hydrogen-bond donors (Lipinski definition) is 0. The zero-order valence-corrected chi connectivity index (χ0v) is 14.4.